The van der Waals surface area contributed by atoms with Gasteiger partial charge in [0.05, 0.1) is 19.1 Å². The highest BCUT2D eigenvalue weighted by molar-refractivity contribution is 5.79. The molecule has 2 saturated heterocycles. The summed E-state index contributed by atoms with van der Waals surface area (Å²) in [6.45, 7) is 6.05. The summed E-state index contributed by atoms with van der Waals surface area (Å²) >= 11 is 0. The van der Waals surface area contributed by atoms with Gasteiger partial charge in [-0.05, 0) is 30.9 Å². The fourth-order valence-electron chi connectivity index (χ4n) is 4.26. The summed E-state index contributed by atoms with van der Waals surface area (Å²) in [5, 5.41) is 9.59. The van der Waals surface area contributed by atoms with E-state index in [1.54, 1.807) is 6.33 Å². The molecule has 2 fully saturated rings. The summed E-state index contributed by atoms with van der Waals surface area (Å²) in [5.41, 5.74) is 2.26. The summed E-state index contributed by atoms with van der Waals surface area (Å²) in [7, 11) is 0. The van der Waals surface area contributed by atoms with Gasteiger partial charge in [-0.3, -0.25) is 4.79 Å². The quantitative estimate of drug-likeness (QED) is 0.830. The van der Waals surface area contributed by atoms with E-state index in [9.17, 15) is 9.90 Å². The van der Waals surface area contributed by atoms with Crippen molar-refractivity contribution >= 4 is 17.5 Å². The van der Waals surface area contributed by atoms with Crippen LogP contribution in [0.1, 0.15) is 24.0 Å². The summed E-state index contributed by atoms with van der Waals surface area (Å²) in [6.07, 6.45) is 4.14. The minimum atomic E-state index is 0.147. The molecule has 1 atom stereocenters. The van der Waals surface area contributed by atoms with Crippen LogP contribution in [0, 0.1) is 6.92 Å². The van der Waals surface area contributed by atoms with Crippen molar-refractivity contribution in [2.45, 2.75) is 32.2 Å². The fourth-order valence-corrected chi connectivity index (χ4v) is 4.26. The van der Waals surface area contributed by atoms with E-state index >= 15 is 0 Å². The van der Waals surface area contributed by atoms with E-state index < -0.39 is 0 Å². The topological polar surface area (TPSA) is 72.8 Å². The lowest BCUT2D eigenvalue weighted by Gasteiger charge is -2.36. The molecule has 3 heterocycles. The van der Waals surface area contributed by atoms with Crippen molar-refractivity contribution in [2.75, 3.05) is 49.1 Å². The molecule has 29 heavy (non-hydrogen) atoms. The Bertz CT molecular complexity index is 851. The van der Waals surface area contributed by atoms with E-state index in [1.807, 2.05) is 29.2 Å². The average molecular weight is 396 g/mol. The number of amides is 1. The number of benzene rings is 1. The maximum Gasteiger partial charge on any atom is 0.227 e. The van der Waals surface area contributed by atoms with Gasteiger partial charge in [0.1, 0.15) is 18.0 Å². The highest BCUT2D eigenvalue weighted by Crippen LogP contribution is 2.26. The molecule has 4 rings (SSSR count). The zero-order valence-electron chi connectivity index (χ0n) is 17.0. The first kappa shape index (κ1) is 19.6. The van der Waals surface area contributed by atoms with Crippen LogP contribution >= 0.6 is 0 Å². The lowest BCUT2D eigenvalue weighted by Crippen LogP contribution is -2.49. The second-order valence-electron chi connectivity index (χ2n) is 7.88. The maximum absolute atomic E-state index is 12.7. The van der Waals surface area contributed by atoms with Gasteiger partial charge in [-0.2, -0.15) is 0 Å². The number of hydrogen-bond donors (Lipinski definition) is 1. The number of hydrogen-bond acceptors (Lipinski definition) is 6. The number of anilines is 2. The zero-order valence-corrected chi connectivity index (χ0v) is 17.0. The van der Waals surface area contributed by atoms with Crippen molar-refractivity contribution in [3.8, 4) is 0 Å². The molecular formula is C22H29N5O2. The third-order valence-corrected chi connectivity index (χ3v) is 6.08. The number of aliphatic hydroxyl groups excluding tert-OH is 1. The lowest BCUT2D eigenvalue weighted by atomic mass is 10.1. The van der Waals surface area contributed by atoms with Crippen molar-refractivity contribution in [2.24, 2.45) is 0 Å². The molecule has 0 spiro atoms. The second-order valence-corrected chi connectivity index (χ2v) is 7.88. The largest absolute Gasteiger partial charge is 0.394 e. The Morgan fingerprint density at radius 1 is 1.10 bits per heavy atom. The van der Waals surface area contributed by atoms with Crippen LogP contribution in [-0.4, -0.2) is 71.3 Å². The van der Waals surface area contributed by atoms with Crippen molar-refractivity contribution in [3.63, 3.8) is 0 Å². The summed E-state index contributed by atoms with van der Waals surface area (Å²) in [5.74, 6) is 1.96. The summed E-state index contributed by atoms with van der Waals surface area (Å²) in [6, 6.07) is 10.2. The standard InChI is InChI=1S/C22H29N5O2/c1-17-5-2-3-6-18(17)13-22(29)26-11-9-25(10-12-26)20-14-21(24-16-23-20)27-8-4-7-19(27)15-28/h2-3,5-6,14,16,19,28H,4,7-13,15H2,1H3. The lowest BCUT2D eigenvalue weighted by molar-refractivity contribution is -0.130. The van der Waals surface area contributed by atoms with Crippen LogP contribution in [0.25, 0.3) is 0 Å². The smallest absolute Gasteiger partial charge is 0.227 e. The maximum atomic E-state index is 12.7. The van der Waals surface area contributed by atoms with Gasteiger partial charge in [0.2, 0.25) is 5.91 Å². The molecule has 154 valence electrons. The number of rotatable bonds is 5. The van der Waals surface area contributed by atoms with E-state index in [0.29, 0.717) is 19.5 Å². The molecule has 1 N–H and O–H groups in total. The van der Waals surface area contributed by atoms with E-state index in [-0.39, 0.29) is 18.6 Å². The Morgan fingerprint density at radius 2 is 1.86 bits per heavy atom. The normalized spacial score (nSPS) is 19.7. The van der Waals surface area contributed by atoms with Gasteiger partial charge in [-0.15, -0.1) is 0 Å². The Labute approximate surface area is 172 Å². The molecule has 0 saturated carbocycles. The third-order valence-electron chi connectivity index (χ3n) is 6.08. The van der Waals surface area contributed by atoms with Crippen molar-refractivity contribution < 1.29 is 9.90 Å². The number of aryl methyl sites for hydroxylation is 1. The van der Waals surface area contributed by atoms with Crippen LogP contribution in [0.4, 0.5) is 11.6 Å². The molecule has 1 aromatic carbocycles. The van der Waals surface area contributed by atoms with E-state index in [0.717, 1.165) is 55.2 Å². The highest BCUT2D eigenvalue weighted by Gasteiger charge is 2.27. The fraction of sp³-hybridized carbons (Fsp3) is 0.500. The molecule has 7 nitrogen and oxygen atoms in total. The van der Waals surface area contributed by atoms with E-state index in [4.69, 9.17) is 0 Å². The van der Waals surface area contributed by atoms with Crippen LogP contribution in [0.2, 0.25) is 0 Å². The molecule has 1 aromatic heterocycles. The van der Waals surface area contributed by atoms with Crippen molar-refractivity contribution in [1.82, 2.24) is 14.9 Å². The van der Waals surface area contributed by atoms with Gasteiger partial charge >= 0.3 is 0 Å². The zero-order chi connectivity index (χ0) is 20.2. The summed E-state index contributed by atoms with van der Waals surface area (Å²) in [4.78, 5) is 27.9. The molecule has 0 aliphatic carbocycles. The molecule has 7 heteroatoms. The number of piperazine rings is 1. The number of carbonyl (C=O) groups is 1. The first-order valence-corrected chi connectivity index (χ1v) is 10.4. The van der Waals surface area contributed by atoms with E-state index in [2.05, 4.69) is 32.8 Å². The van der Waals surface area contributed by atoms with Crippen LogP contribution in [-0.2, 0) is 11.2 Å². The molecule has 1 unspecified atom stereocenters. The molecule has 2 aliphatic rings. The van der Waals surface area contributed by atoms with Gasteiger partial charge in [-0.1, -0.05) is 24.3 Å². The van der Waals surface area contributed by atoms with Gasteiger partial charge in [-0.25, -0.2) is 9.97 Å². The van der Waals surface area contributed by atoms with Crippen LogP contribution in [0.3, 0.4) is 0 Å². The predicted octanol–water partition coefficient (Wildman–Crippen LogP) is 1.64. The van der Waals surface area contributed by atoms with Crippen molar-refractivity contribution in [3.05, 3.63) is 47.8 Å². The van der Waals surface area contributed by atoms with Crippen LogP contribution in [0.15, 0.2) is 36.7 Å². The minimum Gasteiger partial charge on any atom is -0.394 e. The van der Waals surface area contributed by atoms with Gasteiger partial charge < -0.3 is 19.8 Å². The second kappa shape index (κ2) is 8.78. The number of aromatic nitrogens is 2. The Balaban J connectivity index is 1.37. The Hall–Kier alpha value is -2.67. The predicted molar refractivity (Wildman–Crippen MR) is 113 cm³/mol. The highest BCUT2D eigenvalue weighted by atomic mass is 16.3. The minimum absolute atomic E-state index is 0.147. The molecule has 1 amide bonds. The molecule has 2 aliphatic heterocycles. The molecule has 0 radical (unpaired) electrons. The first-order valence-electron chi connectivity index (χ1n) is 10.4. The first-order chi connectivity index (χ1) is 14.2. The number of nitrogens with zero attached hydrogens (tertiary/aromatic N) is 5. The average Bonchev–Trinajstić information content (AvgIpc) is 3.24. The molecule has 2 aromatic rings. The number of aliphatic hydroxyl groups is 1. The SMILES string of the molecule is Cc1ccccc1CC(=O)N1CCN(c2cc(N3CCCC3CO)ncn2)CC1. The van der Waals surface area contributed by atoms with Crippen LogP contribution < -0.4 is 9.80 Å². The molecular weight excluding hydrogens is 366 g/mol. The number of carbonyl (C=O) groups excluding carboxylic acids is 1. The van der Waals surface area contributed by atoms with Gasteiger partial charge in [0, 0.05) is 38.8 Å². The van der Waals surface area contributed by atoms with Crippen molar-refractivity contribution in [1.29, 1.82) is 0 Å². The van der Waals surface area contributed by atoms with Gasteiger partial charge in [0.15, 0.2) is 0 Å². The van der Waals surface area contributed by atoms with Gasteiger partial charge in [0.25, 0.3) is 0 Å². The molecule has 0 bridgehead atoms. The van der Waals surface area contributed by atoms with E-state index in [1.165, 1.54) is 0 Å². The summed E-state index contributed by atoms with van der Waals surface area (Å²) < 4.78 is 0. The van der Waals surface area contributed by atoms with Crippen LogP contribution in [0.5, 0.6) is 0 Å². The Morgan fingerprint density at radius 3 is 2.62 bits per heavy atom. The monoisotopic (exact) mass is 395 g/mol. The Kier molecular flexibility index (Phi) is 5.94. The third kappa shape index (κ3) is 4.34.